The summed E-state index contributed by atoms with van der Waals surface area (Å²) in [4.78, 5) is 169. The van der Waals surface area contributed by atoms with E-state index in [-0.39, 0.29) is 50.5 Å². The zero-order valence-electron chi connectivity index (χ0n) is 50.7. The molecule has 11 atom stereocenters. The van der Waals surface area contributed by atoms with Crippen LogP contribution in [0.1, 0.15) is 126 Å². The second-order valence-electron chi connectivity index (χ2n) is 23.0. The number of nitrogens with one attached hydrogen (secondary N) is 11. The number of likely N-dealkylation sites (tertiary alicyclic amines) is 1. The van der Waals surface area contributed by atoms with Gasteiger partial charge in [-0.1, -0.05) is 75.7 Å². The number of aliphatic hydroxyl groups is 2. The van der Waals surface area contributed by atoms with Crippen LogP contribution in [0.25, 0.3) is 0 Å². The smallest absolute Gasteiger partial charge is 0.326 e. The SMILES string of the molecule is CC[C@H](C)[C@H](NC(=O)[C@@H]1CCCN1C(=O)CNC(=O)[C@H](CC(C)C)NC(=O)[C@@H](NC(=O)[C@@H](N)CO)C(C)C)C(=O)N[C@@H](CO)C(=O)NCC(=O)N[C@@H](Cc1cnc[nH]1)C(=O)N[C@H](C(=O)N[C@@H](CC(C)C)C(=O)N[C@@H](CCCCN)C(=O)O)C(C)C. The van der Waals surface area contributed by atoms with Gasteiger partial charge in [0.2, 0.25) is 65.0 Å². The van der Waals surface area contributed by atoms with Crippen LogP contribution in [0.4, 0.5) is 0 Å². The predicted molar refractivity (Wildman–Crippen MR) is 309 cm³/mol. The lowest BCUT2D eigenvalue weighted by Crippen LogP contribution is -2.60. The van der Waals surface area contributed by atoms with E-state index in [2.05, 4.69) is 63.1 Å². The van der Waals surface area contributed by atoms with Crippen molar-refractivity contribution in [3.8, 4) is 0 Å². The molecule has 1 saturated heterocycles. The first kappa shape index (κ1) is 73.8. The van der Waals surface area contributed by atoms with E-state index in [0.29, 0.717) is 37.9 Å². The highest BCUT2D eigenvalue weighted by Crippen LogP contribution is 2.20. The number of aliphatic hydroxyl groups excluding tert-OH is 2. The van der Waals surface area contributed by atoms with Gasteiger partial charge in [0.1, 0.15) is 60.4 Å². The van der Waals surface area contributed by atoms with Crippen LogP contribution < -0.4 is 64.6 Å². The topological polar surface area (TPSA) is 470 Å². The van der Waals surface area contributed by atoms with E-state index in [1.54, 1.807) is 55.4 Å². The molecule has 30 nitrogen and oxygen atoms in total. The third-order valence-corrected chi connectivity index (χ3v) is 14.2. The molecular formula is C55H95N15O15. The second-order valence-corrected chi connectivity index (χ2v) is 23.0. The number of nitrogens with two attached hydrogens (primary N) is 2. The lowest BCUT2D eigenvalue weighted by molar-refractivity contribution is -0.142. The van der Waals surface area contributed by atoms with Gasteiger partial charge in [-0.15, -0.1) is 0 Å². The molecule has 2 heterocycles. The molecule has 1 aromatic heterocycles. The van der Waals surface area contributed by atoms with Crippen LogP contribution >= 0.6 is 0 Å². The van der Waals surface area contributed by atoms with Gasteiger partial charge < -0.3 is 89.8 Å². The Hall–Kier alpha value is -7.31. The highest BCUT2D eigenvalue weighted by Gasteiger charge is 2.39. The number of amides is 11. The van der Waals surface area contributed by atoms with Crippen LogP contribution in [0.15, 0.2) is 12.5 Å². The number of carboxylic acid groups (broad SMARTS) is 1. The Bertz CT molecular complexity index is 2390. The number of H-pyrrole nitrogens is 1. The summed E-state index contributed by atoms with van der Waals surface area (Å²) < 4.78 is 0. The monoisotopic (exact) mass is 1210 g/mol. The minimum atomic E-state index is -1.65. The van der Waals surface area contributed by atoms with Gasteiger partial charge in [0.25, 0.3) is 0 Å². The van der Waals surface area contributed by atoms with Gasteiger partial charge >= 0.3 is 5.97 Å². The van der Waals surface area contributed by atoms with Crippen LogP contribution in [0.5, 0.6) is 0 Å². The maximum absolute atomic E-state index is 14.0. The van der Waals surface area contributed by atoms with Crippen molar-refractivity contribution < 1.29 is 72.9 Å². The standard InChI is InChI=1S/C55H95N15O15/c1-11-32(10)45(69-51(80)40-16-14-18-70(40)42(74)24-60-47(76)36(19-28(2)3)64-52(81)43(30(6)7)67-46(75)34(57)25-71)54(83)66-39(26-72)48(77)59-23-41(73)62-38(21-33-22-58-27-61-33)50(79)68-44(31(8)9)53(82)65-37(20-29(4)5)49(78)63-35(55(84)85)15-12-13-17-56/h22,27-32,34-40,43-45,71-72H,11-21,23-26,56-57H2,1-10H3,(H,58,61)(H,59,77)(H,60,76)(H,62,73)(H,63,78)(H,64,81)(H,65,82)(H,66,83)(H,67,75)(H,68,79)(H,69,80)(H,84,85)/t32-,34-,35-,36-,37-,38-,39-,40-,43-,44-,45-/m0/s1. The first-order valence-electron chi connectivity index (χ1n) is 29.1. The van der Waals surface area contributed by atoms with Gasteiger partial charge in [-0.05, 0) is 81.1 Å². The number of aromatic nitrogens is 2. The van der Waals surface area contributed by atoms with E-state index < -0.39 is 175 Å². The summed E-state index contributed by atoms with van der Waals surface area (Å²) >= 11 is 0. The highest BCUT2D eigenvalue weighted by atomic mass is 16.4. The molecule has 0 radical (unpaired) electrons. The number of imidazole rings is 1. The molecule has 0 saturated carbocycles. The van der Waals surface area contributed by atoms with Crippen LogP contribution in [0.2, 0.25) is 0 Å². The van der Waals surface area contributed by atoms with Crippen LogP contribution in [-0.2, 0) is 64.0 Å². The van der Waals surface area contributed by atoms with E-state index in [4.69, 9.17) is 11.5 Å². The number of aromatic amines is 1. The van der Waals surface area contributed by atoms with E-state index >= 15 is 0 Å². The zero-order valence-corrected chi connectivity index (χ0v) is 50.7. The molecule has 1 aromatic rings. The summed E-state index contributed by atoms with van der Waals surface area (Å²) in [6.07, 6.45) is 4.89. The first-order chi connectivity index (χ1) is 40.0. The van der Waals surface area contributed by atoms with Gasteiger partial charge in [0.15, 0.2) is 0 Å². The molecule has 11 amide bonds. The van der Waals surface area contributed by atoms with Crippen LogP contribution in [0.3, 0.4) is 0 Å². The van der Waals surface area contributed by atoms with Crippen molar-refractivity contribution in [2.24, 2.45) is 41.1 Å². The maximum Gasteiger partial charge on any atom is 0.326 e. The Morgan fingerprint density at radius 2 is 1.14 bits per heavy atom. The van der Waals surface area contributed by atoms with Gasteiger partial charge in [-0.2, -0.15) is 0 Å². The number of carbonyl (C=O) groups excluding carboxylic acids is 11. The summed E-state index contributed by atoms with van der Waals surface area (Å²) in [7, 11) is 0. The molecule has 30 heteroatoms. The summed E-state index contributed by atoms with van der Waals surface area (Å²) in [6, 6.07) is -12.6. The van der Waals surface area contributed by atoms with Crippen LogP contribution in [0, 0.1) is 29.6 Å². The normalized spacial score (nSPS) is 16.7. The molecule has 2 rings (SSSR count). The number of hydrogen-bond donors (Lipinski definition) is 16. The number of rotatable bonds is 38. The molecule has 1 aliphatic heterocycles. The summed E-state index contributed by atoms with van der Waals surface area (Å²) in [6.45, 7) is 14.8. The van der Waals surface area contributed by atoms with E-state index in [9.17, 15) is 72.9 Å². The largest absolute Gasteiger partial charge is 0.480 e. The molecule has 18 N–H and O–H groups in total. The van der Waals surface area contributed by atoms with E-state index in [0.717, 1.165) is 0 Å². The minimum absolute atomic E-state index is 0.104. The molecule has 1 aliphatic rings. The molecule has 0 unspecified atom stereocenters. The number of carbonyl (C=O) groups is 12. The first-order valence-corrected chi connectivity index (χ1v) is 29.1. The zero-order chi connectivity index (χ0) is 64.2. The summed E-state index contributed by atoms with van der Waals surface area (Å²) in [5.74, 6) is -11.7. The van der Waals surface area contributed by atoms with Gasteiger partial charge in [0.05, 0.1) is 32.6 Å². The highest BCUT2D eigenvalue weighted by molar-refractivity contribution is 5.98. The maximum atomic E-state index is 14.0. The number of carboxylic acids is 1. The van der Waals surface area contributed by atoms with Crippen molar-refractivity contribution in [2.75, 3.05) is 39.4 Å². The average molecular weight is 1210 g/mol. The van der Waals surface area contributed by atoms with Crippen molar-refractivity contribution in [3.05, 3.63) is 18.2 Å². The number of hydrogen-bond acceptors (Lipinski definition) is 17. The Morgan fingerprint density at radius 3 is 1.65 bits per heavy atom. The number of unbranched alkanes of at least 4 members (excludes halogenated alkanes) is 1. The van der Waals surface area contributed by atoms with Gasteiger partial charge in [-0.25, -0.2) is 9.78 Å². The minimum Gasteiger partial charge on any atom is -0.480 e. The molecule has 0 aromatic carbocycles. The molecule has 0 bridgehead atoms. The Balaban J connectivity index is 2.17. The average Bonchev–Trinajstić information content (AvgIpc) is 4.03. The molecule has 1 fully saturated rings. The Morgan fingerprint density at radius 1 is 0.624 bits per heavy atom. The molecule has 85 heavy (non-hydrogen) atoms. The fourth-order valence-corrected chi connectivity index (χ4v) is 9.11. The lowest BCUT2D eigenvalue weighted by Gasteiger charge is -2.30. The lowest BCUT2D eigenvalue weighted by atomic mass is 9.97. The van der Waals surface area contributed by atoms with Crippen LogP contribution in [-0.4, -0.2) is 201 Å². The molecule has 480 valence electrons. The van der Waals surface area contributed by atoms with Gasteiger partial charge in [0, 0.05) is 24.9 Å². The molecule has 0 aliphatic carbocycles. The summed E-state index contributed by atoms with van der Waals surface area (Å²) in [5.41, 5.74) is 11.6. The quantitative estimate of drug-likeness (QED) is 0.0281. The summed E-state index contributed by atoms with van der Waals surface area (Å²) in [5, 5.41) is 54.7. The van der Waals surface area contributed by atoms with E-state index in [1.807, 2.05) is 13.8 Å². The van der Waals surface area contributed by atoms with Crippen molar-refractivity contribution in [2.45, 2.75) is 187 Å². The van der Waals surface area contributed by atoms with Crippen molar-refractivity contribution in [1.82, 2.24) is 68.0 Å². The van der Waals surface area contributed by atoms with Gasteiger partial charge in [-0.3, -0.25) is 52.7 Å². The predicted octanol–water partition coefficient (Wildman–Crippen LogP) is -3.97. The number of aliphatic carboxylic acids is 1. The second kappa shape index (κ2) is 37.2. The number of nitrogens with zero attached hydrogens (tertiary/aromatic N) is 2. The molecular weight excluding hydrogens is 1110 g/mol. The van der Waals surface area contributed by atoms with Crippen molar-refractivity contribution in [3.63, 3.8) is 0 Å². The Kier molecular flexibility index (Phi) is 32.3. The fourth-order valence-electron chi connectivity index (χ4n) is 9.11. The van der Waals surface area contributed by atoms with Crippen molar-refractivity contribution >= 4 is 70.9 Å². The Labute approximate surface area is 496 Å². The third-order valence-electron chi connectivity index (χ3n) is 14.2. The van der Waals surface area contributed by atoms with Crippen molar-refractivity contribution in [1.29, 1.82) is 0 Å². The molecule has 0 spiro atoms. The fraction of sp³-hybridized carbons (Fsp3) is 0.727. The third kappa shape index (κ3) is 25.0. The van der Waals surface area contributed by atoms with E-state index in [1.165, 1.54) is 17.4 Å².